The van der Waals surface area contributed by atoms with E-state index in [-0.39, 0.29) is 6.42 Å². The molecular formula is C19H16ClNO3. The second kappa shape index (κ2) is 5.87. The Kier molecular flexibility index (Phi) is 3.69. The van der Waals surface area contributed by atoms with Crippen molar-refractivity contribution in [2.24, 2.45) is 0 Å². The monoisotopic (exact) mass is 341 g/mol. The molecule has 4 nitrogen and oxygen atoms in total. The number of aromatic amines is 1. The van der Waals surface area contributed by atoms with Gasteiger partial charge in [0.2, 0.25) is 0 Å². The number of ether oxygens (including phenoxy) is 1. The summed E-state index contributed by atoms with van der Waals surface area (Å²) in [5.41, 5.74) is 5.11. The fraction of sp³-hybridized carbons (Fsp3) is 0.211. The van der Waals surface area contributed by atoms with Gasteiger partial charge in [0.15, 0.2) is 0 Å². The van der Waals surface area contributed by atoms with Crippen molar-refractivity contribution in [2.75, 3.05) is 6.61 Å². The van der Waals surface area contributed by atoms with Gasteiger partial charge in [-0.05, 0) is 40.5 Å². The zero-order valence-electron chi connectivity index (χ0n) is 12.9. The van der Waals surface area contributed by atoms with Crippen molar-refractivity contribution < 1.29 is 14.6 Å². The van der Waals surface area contributed by atoms with Gasteiger partial charge in [-0.1, -0.05) is 23.7 Å². The molecule has 2 N–H and O–H groups in total. The number of fused-ring (bicyclic) bond motifs is 2. The van der Waals surface area contributed by atoms with Crippen LogP contribution in [-0.4, -0.2) is 22.7 Å². The maximum Gasteiger partial charge on any atom is 0.307 e. The van der Waals surface area contributed by atoms with Crippen molar-refractivity contribution in [3.8, 4) is 5.75 Å². The summed E-state index contributed by atoms with van der Waals surface area (Å²) in [5.74, 6) is 0.0826. The van der Waals surface area contributed by atoms with Gasteiger partial charge >= 0.3 is 5.97 Å². The third-order valence-corrected chi connectivity index (χ3v) is 4.62. The maximum absolute atomic E-state index is 11.1. The van der Waals surface area contributed by atoms with Crippen LogP contribution in [-0.2, 0) is 24.1 Å². The molecule has 0 aliphatic carbocycles. The number of carboxylic acid groups (broad SMARTS) is 1. The second-order valence-electron chi connectivity index (χ2n) is 6.09. The van der Waals surface area contributed by atoms with Gasteiger partial charge in [-0.2, -0.15) is 0 Å². The summed E-state index contributed by atoms with van der Waals surface area (Å²) < 4.78 is 5.79. The van der Waals surface area contributed by atoms with E-state index in [4.69, 9.17) is 21.4 Å². The lowest BCUT2D eigenvalue weighted by Crippen LogP contribution is -2.02. The highest BCUT2D eigenvalue weighted by molar-refractivity contribution is 6.31. The first-order valence-electron chi connectivity index (χ1n) is 7.85. The largest absolute Gasteiger partial charge is 0.493 e. The standard InChI is InChI=1S/C19H16ClNO3/c20-15-1-2-17-16(9-15)14(10-21-17)8-13-6-11(7-18(22)23)5-12-3-4-24-19(12)13/h1-2,5-6,9-10,21H,3-4,7-8H2,(H,22,23). The first-order chi connectivity index (χ1) is 11.6. The average Bonchev–Trinajstić information content (AvgIpc) is 3.14. The minimum Gasteiger partial charge on any atom is -0.493 e. The second-order valence-corrected chi connectivity index (χ2v) is 6.53. The van der Waals surface area contributed by atoms with E-state index in [0.717, 1.165) is 45.3 Å². The molecule has 1 aromatic heterocycles. The predicted octanol–water partition coefficient (Wildman–Crippen LogP) is 3.97. The summed E-state index contributed by atoms with van der Waals surface area (Å²) in [7, 11) is 0. The number of carbonyl (C=O) groups is 1. The van der Waals surface area contributed by atoms with Gasteiger partial charge in [0.1, 0.15) is 5.75 Å². The molecule has 2 heterocycles. The number of hydrogen-bond acceptors (Lipinski definition) is 2. The number of benzene rings is 2. The molecule has 3 aromatic rings. The fourth-order valence-corrected chi connectivity index (χ4v) is 3.54. The SMILES string of the molecule is O=C(O)Cc1cc2c(c(Cc3c[nH]c4ccc(Cl)cc34)c1)OCC2. The van der Waals surface area contributed by atoms with Crippen molar-refractivity contribution in [2.45, 2.75) is 19.3 Å². The van der Waals surface area contributed by atoms with Gasteiger partial charge < -0.3 is 14.8 Å². The van der Waals surface area contributed by atoms with Crippen molar-refractivity contribution in [1.29, 1.82) is 0 Å². The highest BCUT2D eigenvalue weighted by atomic mass is 35.5. The molecule has 0 bridgehead atoms. The summed E-state index contributed by atoms with van der Waals surface area (Å²) in [6.45, 7) is 0.651. The zero-order chi connectivity index (χ0) is 16.7. The van der Waals surface area contributed by atoms with E-state index < -0.39 is 5.97 Å². The molecule has 0 saturated heterocycles. The molecule has 24 heavy (non-hydrogen) atoms. The Labute approximate surface area is 144 Å². The Morgan fingerprint density at radius 1 is 1.25 bits per heavy atom. The van der Waals surface area contributed by atoms with Crippen molar-refractivity contribution in [3.05, 3.63) is 63.8 Å². The van der Waals surface area contributed by atoms with E-state index in [2.05, 4.69) is 4.98 Å². The average molecular weight is 342 g/mol. The van der Waals surface area contributed by atoms with Crippen molar-refractivity contribution >= 4 is 28.5 Å². The number of carboxylic acids is 1. The third kappa shape index (κ3) is 2.74. The van der Waals surface area contributed by atoms with E-state index in [1.54, 1.807) is 0 Å². The van der Waals surface area contributed by atoms with Crippen LogP contribution in [0.2, 0.25) is 5.02 Å². The summed E-state index contributed by atoms with van der Waals surface area (Å²) in [6, 6.07) is 9.67. The molecule has 4 rings (SSSR count). The van der Waals surface area contributed by atoms with Crippen LogP contribution in [0.25, 0.3) is 10.9 Å². The minimum absolute atomic E-state index is 0.0278. The predicted molar refractivity (Wildman–Crippen MR) is 93.1 cm³/mol. The molecule has 0 fully saturated rings. The number of aromatic nitrogens is 1. The molecule has 0 unspecified atom stereocenters. The smallest absolute Gasteiger partial charge is 0.307 e. The van der Waals surface area contributed by atoms with Gasteiger partial charge in [0, 0.05) is 35.0 Å². The van der Waals surface area contributed by atoms with Gasteiger partial charge in [-0.15, -0.1) is 0 Å². The van der Waals surface area contributed by atoms with E-state index in [9.17, 15) is 4.79 Å². The molecule has 0 spiro atoms. The molecule has 0 atom stereocenters. The normalized spacial score (nSPS) is 13.0. The van der Waals surface area contributed by atoms with Crippen LogP contribution >= 0.6 is 11.6 Å². The molecule has 0 amide bonds. The van der Waals surface area contributed by atoms with Gasteiger partial charge in [-0.25, -0.2) is 0 Å². The Morgan fingerprint density at radius 3 is 2.96 bits per heavy atom. The minimum atomic E-state index is -0.821. The molecule has 1 aliphatic rings. The van der Waals surface area contributed by atoms with Crippen LogP contribution < -0.4 is 4.74 Å². The van der Waals surface area contributed by atoms with Gasteiger partial charge in [0.05, 0.1) is 13.0 Å². The van der Waals surface area contributed by atoms with Gasteiger partial charge in [0.25, 0.3) is 0 Å². The van der Waals surface area contributed by atoms with Crippen molar-refractivity contribution in [3.63, 3.8) is 0 Å². The molecular weight excluding hydrogens is 326 g/mol. The third-order valence-electron chi connectivity index (χ3n) is 4.39. The highest BCUT2D eigenvalue weighted by Gasteiger charge is 2.19. The Morgan fingerprint density at radius 2 is 2.12 bits per heavy atom. The van der Waals surface area contributed by atoms with E-state index in [1.165, 1.54) is 0 Å². The topological polar surface area (TPSA) is 62.3 Å². The molecule has 122 valence electrons. The molecule has 2 aromatic carbocycles. The van der Waals surface area contributed by atoms with Crippen LogP contribution in [0.3, 0.4) is 0 Å². The first-order valence-corrected chi connectivity index (χ1v) is 8.23. The summed E-state index contributed by atoms with van der Waals surface area (Å²) in [5, 5.41) is 10.9. The molecule has 5 heteroatoms. The highest BCUT2D eigenvalue weighted by Crippen LogP contribution is 2.34. The fourth-order valence-electron chi connectivity index (χ4n) is 3.37. The van der Waals surface area contributed by atoms with Crippen molar-refractivity contribution in [1.82, 2.24) is 4.98 Å². The number of aliphatic carboxylic acids is 1. The van der Waals surface area contributed by atoms with Crippen LogP contribution in [0.5, 0.6) is 5.75 Å². The number of H-pyrrole nitrogens is 1. The van der Waals surface area contributed by atoms with E-state index in [1.807, 2.05) is 36.5 Å². The lowest BCUT2D eigenvalue weighted by molar-refractivity contribution is -0.136. The van der Waals surface area contributed by atoms with E-state index >= 15 is 0 Å². The molecule has 1 aliphatic heterocycles. The van der Waals surface area contributed by atoms with Crippen LogP contribution in [0.1, 0.15) is 22.3 Å². The first kappa shape index (κ1) is 15.1. The Hall–Kier alpha value is -2.46. The number of halogens is 1. The van der Waals surface area contributed by atoms with E-state index in [0.29, 0.717) is 18.1 Å². The summed E-state index contributed by atoms with van der Waals surface area (Å²) in [6.07, 6.45) is 3.51. The number of rotatable bonds is 4. The quantitative estimate of drug-likeness (QED) is 0.754. The molecule has 0 radical (unpaired) electrons. The lowest BCUT2D eigenvalue weighted by Gasteiger charge is -2.10. The van der Waals surface area contributed by atoms with Crippen LogP contribution in [0.15, 0.2) is 36.5 Å². The maximum atomic E-state index is 11.1. The van der Waals surface area contributed by atoms with Crippen LogP contribution in [0, 0.1) is 0 Å². The number of hydrogen-bond donors (Lipinski definition) is 2. The summed E-state index contributed by atoms with van der Waals surface area (Å²) in [4.78, 5) is 14.3. The molecule has 0 saturated carbocycles. The Balaban J connectivity index is 1.76. The Bertz CT molecular complexity index is 945. The van der Waals surface area contributed by atoms with Gasteiger partial charge in [-0.3, -0.25) is 4.79 Å². The zero-order valence-corrected chi connectivity index (χ0v) is 13.7. The lowest BCUT2D eigenvalue weighted by atomic mass is 9.96. The van der Waals surface area contributed by atoms with Crippen LogP contribution in [0.4, 0.5) is 0 Å². The summed E-state index contributed by atoms with van der Waals surface area (Å²) >= 11 is 6.12. The number of nitrogens with one attached hydrogen (secondary N) is 1.